The number of imidazole rings is 1. The Morgan fingerprint density at radius 2 is 1.84 bits per heavy atom. The van der Waals surface area contributed by atoms with Crippen molar-refractivity contribution in [3.05, 3.63) is 59.9 Å². The lowest BCUT2D eigenvalue weighted by molar-refractivity contribution is -0.116. The van der Waals surface area contributed by atoms with Crippen molar-refractivity contribution in [2.75, 3.05) is 5.32 Å². The number of aromatic nitrogens is 2. The fraction of sp³-hybridized carbons (Fsp3) is 0.250. The summed E-state index contributed by atoms with van der Waals surface area (Å²) in [4.78, 5) is 17.2. The van der Waals surface area contributed by atoms with Crippen molar-refractivity contribution in [1.82, 2.24) is 9.55 Å². The molecule has 1 heterocycles. The number of fused-ring (bicyclic) bond motifs is 1. The van der Waals surface area contributed by atoms with Crippen LogP contribution in [0.3, 0.4) is 0 Å². The van der Waals surface area contributed by atoms with Gasteiger partial charge in [-0.05, 0) is 36.4 Å². The fourth-order valence-corrected chi connectivity index (χ4v) is 2.78. The summed E-state index contributed by atoms with van der Waals surface area (Å²) in [7, 11) is 0. The third kappa shape index (κ3) is 3.53. The molecule has 0 bridgehead atoms. The van der Waals surface area contributed by atoms with Gasteiger partial charge in [-0.3, -0.25) is 4.79 Å². The number of carbonyl (C=O) groups is 1. The van der Waals surface area contributed by atoms with Gasteiger partial charge in [0.15, 0.2) is 0 Å². The van der Waals surface area contributed by atoms with Crippen LogP contribution >= 0.6 is 0 Å². The van der Waals surface area contributed by atoms with Crippen molar-refractivity contribution in [3.8, 4) is 6.07 Å². The highest BCUT2D eigenvalue weighted by Gasteiger charge is 2.23. The molecule has 5 nitrogen and oxygen atoms in total. The van der Waals surface area contributed by atoms with Crippen LogP contribution < -0.4 is 5.32 Å². The van der Waals surface area contributed by atoms with Crippen LogP contribution in [0.5, 0.6) is 0 Å². The van der Waals surface area contributed by atoms with Crippen LogP contribution in [0, 0.1) is 11.3 Å². The van der Waals surface area contributed by atoms with Crippen LogP contribution in [-0.4, -0.2) is 15.5 Å². The number of nitrogens with one attached hydrogen (secondary N) is 1. The Morgan fingerprint density at radius 1 is 1.16 bits per heavy atom. The van der Waals surface area contributed by atoms with E-state index < -0.39 is 0 Å². The van der Waals surface area contributed by atoms with E-state index in [1.807, 2.05) is 28.8 Å². The molecule has 126 valence electrons. The molecular formula is C20H20N4O. The molecule has 2 aromatic carbocycles. The van der Waals surface area contributed by atoms with E-state index in [1.54, 1.807) is 24.3 Å². The summed E-state index contributed by atoms with van der Waals surface area (Å²) in [5.41, 5.74) is 2.90. The molecule has 5 heteroatoms. The van der Waals surface area contributed by atoms with E-state index in [0.717, 1.165) is 16.9 Å². The van der Waals surface area contributed by atoms with E-state index in [1.165, 1.54) is 0 Å². The Bertz CT molecular complexity index is 956. The second kappa shape index (κ2) is 6.40. The number of benzene rings is 2. The van der Waals surface area contributed by atoms with Gasteiger partial charge in [0.05, 0.1) is 22.7 Å². The molecule has 0 radical (unpaired) electrons. The van der Waals surface area contributed by atoms with E-state index in [-0.39, 0.29) is 17.9 Å². The largest absolute Gasteiger partial charge is 0.325 e. The molecule has 0 saturated carbocycles. The van der Waals surface area contributed by atoms with Gasteiger partial charge in [0.1, 0.15) is 12.4 Å². The number of amides is 1. The molecule has 0 aliphatic rings. The van der Waals surface area contributed by atoms with Crippen molar-refractivity contribution in [3.63, 3.8) is 0 Å². The molecule has 0 saturated heterocycles. The molecule has 0 aliphatic heterocycles. The molecule has 3 aromatic rings. The second-order valence-corrected chi connectivity index (χ2v) is 7.00. The van der Waals surface area contributed by atoms with Crippen LogP contribution in [-0.2, 0) is 16.8 Å². The highest BCUT2D eigenvalue weighted by molar-refractivity contribution is 5.91. The van der Waals surface area contributed by atoms with Crippen LogP contribution in [0.4, 0.5) is 5.69 Å². The molecule has 1 N–H and O–H groups in total. The van der Waals surface area contributed by atoms with Crippen LogP contribution in [0.2, 0.25) is 0 Å². The topological polar surface area (TPSA) is 70.7 Å². The predicted octanol–water partition coefficient (Wildman–Crippen LogP) is 3.84. The monoisotopic (exact) mass is 332 g/mol. The Kier molecular flexibility index (Phi) is 4.28. The van der Waals surface area contributed by atoms with Gasteiger partial charge in [-0.25, -0.2) is 4.98 Å². The van der Waals surface area contributed by atoms with Crippen molar-refractivity contribution in [2.24, 2.45) is 0 Å². The van der Waals surface area contributed by atoms with Crippen molar-refractivity contribution < 1.29 is 4.79 Å². The number of para-hydroxylation sites is 2. The van der Waals surface area contributed by atoms with Gasteiger partial charge in [-0.2, -0.15) is 5.26 Å². The van der Waals surface area contributed by atoms with Gasteiger partial charge in [-0.15, -0.1) is 0 Å². The molecule has 25 heavy (non-hydrogen) atoms. The standard InChI is InChI=1S/C20H20N4O/c1-20(2,3)19-23-16-6-4-5-7-17(16)24(19)13-18(25)22-15-10-8-14(12-21)9-11-15/h4-11H,13H2,1-3H3,(H,22,25). The maximum absolute atomic E-state index is 12.5. The lowest BCUT2D eigenvalue weighted by atomic mass is 9.95. The van der Waals surface area contributed by atoms with Crippen molar-refractivity contribution in [1.29, 1.82) is 5.26 Å². The van der Waals surface area contributed by atoms with Gasteiger partial charge in [0.2, 0.25) is 5.91 Å². The Morgan fingerprint density at radius 3 is 2.48 bits per heavy atom. The Labute approximate surface area is 146 Å². The van der Waals surface area contributed by atoms with Gasteiger partial charge < -0.3 is 9.88 Å². The molecule has 3 rings (SSSR count). The Hall–Kier alpha value is -3.13. The molecule has 1 amide bonds. The van der Waals surface area contributed by atoms with E-state index in [0.29, 0.717) is 11.3 Å². The first kappa shape index (κ1) is 16.7. The Balaban J connectivity index is 1.88. The van der Waals surface area contributed by atoms with Crippen LogP contribution in [0.1, 0.15) is 32.2 Å². The van der Waals surface area contributed by atoms with E-state index in [2.05, 4.69) is 32.2 Å². The normalized spacial score (nSPS) is 11.3. The van der Waals surface area contributed by atoms with Crippen LogP contribution in [0.15, 0.2) is 48.5 Å². The van der Waals surface area contributed by atoms with Crippen molar-refractivity contribution in [2.45, 2.75) is 32.7 Å². The number of nitriles is 1. The minimum absolute atomic E-state index is 0.127. The average molecular weight is 332 g/mol. The lowest BCUT2D eigenvalue weighted by Crippen LogP contribution is -2.25. The molecule has 0 aliphatic carbocycles. The summed E-state index contributed by atoms with van der Waals surface area (Å²) in [6.45, 7) is 6.45. The fourth-order valence-electron chi connectivity index (χ4n) is 2.78. The summed E-state index contributed by atoms with van der Waals surface area (Å²) >= 11 is 0. The molecular weight excluding hydrogens is 312 g/mol. The number of rotatable bonds is 3. The van der Waals surface area contributed by atoms with Gasteiger partial charge >= 0.3 is 0 Å². The van der Waals surface area contributed by atoms with Gasteiger partial charge in [0, 0.05) is 11.1 Å². The zero-order valence-electron chi connectivity index (χ0n) is 14.6. The zero-order chi connectivity index (χ0) is 18.0. The quantitative estimate of drug-likeness (QED) is 0.792. The van der Waals surface area contributed by atoms with Crippen molar-refractivity contribution >= 4 is 22.6 Å². The number of carbonyl (C=O) groups excluding carboxylic acids is 1. The first-order valence-electron chi connectivity index (χ1n) is 8.14. The summed E-state index contributed by atoms with van der Waals surface area (Å²) in [5, 5.41) is 11.7. The van der Waals surface area contributed by atoms with Gasteiger partial charge in [-0.1, -0.05) is 32.9 Å². The highest BCUT2D eigenvalue weighted by Crippen LogP contribution is 2.26. The average Bonchev–Trinajstić information content (AvgIpc) is 2.94. The summed E-state index contributed by atoms with van der Waals surface area (Å²) in [6.07, 6.45) is 0. The molecule has 0 spiro atoms. The van der Waals surface area contributed by atoms with E-state index in [9.17, 15) is 4.79 Å². The maximum Gasteiger partial charge on any atom is 0.244 e. The number of nitrogens with zero attached hydrogens (tertiary/aromatic N) is 3. The molecule has 1 aromatic heterocycles. The third-order valence-electron chi connectivity index (χ3n) is 3.92. The van der Waals surface area contributed by atoms with E-state index in [4.69, 9.17) is 10.2 Å². The predicted molar refractivity (Wildman–Crippen MR) is 98.2 cm³/mol. The third-order valence-corrected chi connectivity index (χ3v) is 3.92. The van der Waals surface area contributed by atoms with Gasteiger partial charge in [0.25, 0.3) is 0 Å². The number of hydrogen-bond acceptors (Lipinski definition) is 3. The smallest absolute Gasteiger partial charge is 0.244 e. The zero-order valence-corrected chi connectivity index (χ0v) is 14.6. The minimum atomic E-state index is -0.173. The second-order valence-electron chi connectivity index (χ2n) is 7.00. The minimum Gasteiger partial charge on any atom is -0.325 e. The first-order chi connectivity index (χ1) is 11.9. The molecule has 0 fully saturated rings. The summed E-state index contributed by atoms with van der Waals surface area (Å²) in [6, 6.07) is 16.7. The van der Waals surface area contributed by atoms with E-state index >= 15 is 0 Å². The number of anilines is 1. The SMILES string of the molecule is CC(C)(C)c1nc2ccccc2n1CC(=O)Nc1ccc(C#N)cc1. The lowest BCUT2D eigenvalue weighted by Gasteiger charge is -2.20. The summed E-state index contributed by atoms with van der Waals surface area (Å²) < 4.78 is 1.97. The number of hydrogen-bond donors (Lipinski definition) is 1. The highest BCUT2D eigenvalue weighted by atomic mass is 16.1. The maximum atomic E-state index is 12.5. The molecule has 0 unspecified atom stereocenters. The molecule has 0 atom stereocenters. The first-order valence-corrected chi connectivity index (χ1v) is 8.14. The van der Waals surface area contributed by atoms with Crippen LogP contribution in [0.25, 0.3) is 11.0 Å². The summed E-state index contributed by atoms with van der Waals surface area (Å²) in [5.74, 6) is 0.752.